The number of nitrogens with zero attached hydrogens (tertiary/aromatic N) is 1. The summed E-state index contributed by atoms with van der Waals surface area (Å²) in [5.41, 5.74) is 6.20. The maximum atomic E-state index is 12.3. The molecule has 0 atom stereocenters. The number of fused-ring (bicyclic) bond motifs is 1. The summed E-state index contributed by atoms with van der Waals surface area (Å²) in [6.45, 7) is 4.92. The number of rotatable bonds is 8. The van der Waals surface area contributed by atoms with Crippen molar-refractivity contribution in [3.8, 4) is 11.5 Å². The number of hydrogen-bond donors (Lipinski definition) is 1. The number of ether oxygens (including phenoxy) is 2. The normalized spacial score (nSPS) is 11.1. The molecule has 0 spiro atoms. The van der Waals surface area contributed by atoms with Crippen LogP contribution in [0.3, 0.4) is 0 Å². The standard InChI is InChI=1S/C26H24N2O4/c1-3-30-24-14-20(12-13-23(24)31-17-19-10-8-18(2)9-11-19)16-27-28-26(29)25-15-21-6-4-5-7-22(21)32-25/h4-16H,3,17H2,1-2H3,(H,28,29)/b27-16+. The van der Waals surface area contributed by atoms with Gasteiger partial charge < -0.3 is 13.9 Å². The maximum absolute atomic E-state index is 12.3. The molecule has 0 aliphatic rings. The van der Waals surface area contributed by atoms with Crippen LogP contribution in [0.4, 0.5) is 0 Å². The average Bonchev–Trinajstić information content (AvgIpc) is 3.24. The van der Waals surface area contributed by atoms with Gasteiger partial charge >= 0.3 is 5.91 Å². The molecular weight excluding hydrogens is 404 g/mol. The van der Waals surface area contributed by atoms with Crippen LogP contribution in [-0.2, 0) is 6.61 Å². The fourth-order valence-electron chi connectivity index (χ4n) is 3.15. The second kappa shape index (κ2) is 9.83. The average molecular weight is 428 g/mol. The number of aryl methyl sites for hydroxylation is 1. The van der Waals surface area contributed by atoms with Gasteiger partial charge in [0.25, 0.3) is 0 Å². The number of hydrazone groups is 1. The van der Waals surface area contributed by atoms with E-state index >= 15 is 0 Å². The number of hydrogen-bond acceptors (Lipinski definition) is 5. The Kier molecular flexibility index (Phi) is 6.51. The molecule has 1 aromatic heterocycles. The summed E-state index contributed by atoms with van der Waals surface area (Å²) in [5.74, 6) is 1.06. The van der Waals surface area contributed by atoms with Crippen LogP contribution in [0.5, 0.6) is 11.5 Å². The first-order chi connectivity index (χ1) is 15.6. The van der Waals surface area contributed by atoms with Crippen molar-refractivity contribution in [3.05, 3.63) is 95.2 Å². The molecule has 0 bridgehead atoms. The van der Waals surface area contributed by atoms with Gasteiger partial charge in [-0.15, -0.1) is 0 Å². The smallest absolute Gasteiger partial charge is 0.307 e. The Morgan fingerprint density at radius 2 is 1.81 bits per heavy atom. The fraction of sp³-hybridized carbons (Fsp3) is 0.154. The molecule has 0 radical (unpaired) electrons. The van der Waals surface area contributed by atoms with Gasteiger partial charge in [0, 0.05) is 5.39 Å². The molecule has 6 nitrogen and oxygen atoms in total. The summed E-state index contributed by atoms with van der Waals surface area (Å²) in [6, 6.07) is 22.8. The quantitative estimate of drug-likeness (QED) is 0.298. The van der Waals surface area contributed by atoms with Gasteiger partial charge in [-0.05, 0) is 55.3 Å². The minimum atomic E-state index is -0.416. The zero-order valence-corrected chi connectivity index (χ0v) is 18.0. The molecule has 1 heterocycles. The minimum Gasteiger partial charge on any atom is -0.490 e. The molecule has 32 heavy (non-hydrogen) atoms. The first kappa shape index (κ1) is 21.2. The predicted molar refractivity (Wildman–Crippen MR) is 124 cm³/mol. The van der Waals surface area contributed by atoms with Crippen molar-refractivity contribution in [2.24, 2.45) is 5.10 Å². The van der Waals surface area contributed by atoms with Crippen LogP contribution in [0.15, 0.2) is 82.3 Å². The van der Waals surface area contributed by atoms with Gasteiger partial charge in [-0.3, -0.25) is 4.79 Å². The first-order valence-electron chi connectivity index (χ1n) is 10.4. The van der Waals surface area contributed by atoms with Gasteiger partial charge in [0.1, 0.15) is 12.2 Å². The fourth-order valence-corrected chi connectivity index (χ4v) is 3.15. The lowest BCUT2D eigenvalue weighted by Crippen LogP contribution is -2.16. The Morgan fingerprint density at radius 1 is 1.00 bits per heavy atom. The Morgan fingerprint density at radius 3 is 2.59 bits per heavy atom. The van der Waals surface area contributed by atoms with Crippen molar-refractivity contribution in [3.63, 3.8) is 0 Å². The van der Waals surface area contributed by atoms with Crippen LogP contribution < -0.4 is 14.9 Å². The number of carbonyl (C=O) groups excluding carboxylic acids is 1. The van der Waals surface area contributed by atoms with Crippen LogP contribution in [0, 0.1) is 6.92 Å². The van der Waals surface area contributed by atoms with E-state index in [0.29, 0.717) is 30.3 Å². The SMILES string of the molecule is CCOc1cc(/C=N/NC(=O)c2cc3ccccc3o2)ccc1OCc1ccc(C)cc1. The topological polar surface area (TPSA) is 73.1 Å². The van der Waals surface area contributed by atoms with Gasteiger partial charge in [-0.1, -0.05) is 48.0 Å². The summed E-state index contributed by atoms with van der Waals surface area (Å²) in [4.78, 5) is 12.3. The summed E-state index contributed by atoms with van der Waals surface area (Å²) in [7, 11) is 0. The number of carbonyl (C=O) groups is 1. The number of furan rings is 1. The van der Waals surface area contributed by atoms with Crippen LogP contribution in [0.1, 0.15) is 34.2 Å². The molecule has 1 amide bonds. The van der Waals surface area contributed by atoms with Crippen molar-refractivity contribution in [2.45, 2.75) is 20.5 Å². The highest BCUT2D eigenvalue weighted by Gasteiger charge is 2.11. The van der Waals surface area contributed by atoms with Crippen molar-refractivity contribution in [1.29, 1.82) is 0 Å². The van der Waals surface area contributed by atoms with Crippen molar-refractivity contribution in [2.75, 3.05) is 6.61 Å². The summed E-state index contributed by atoms with van der Waals surface area (Å²) >= 11 is 0. The van der Waals surface area contributed by atoms with Gasteiger partial charge in [0.2, 0.25) is 0 Å². The molecule has 1 N–H and O–H groups in total. The van der Waals surface area contributed by atoms with E-state index in [1.54, 1.807) is 12.3 Å². The number of nitrogens with one attached hydrogen (secondary N) is 1. The summed E-state index contributed by atoms with van der Waals surface area (Å²) in [5, 5.41) is 4.90. The second-order valence-electron chi connectivity index (χ2n) is 7.26. The van der Waals surface area contributed by atoms with Crippen molar-refractivity contribution < 1.29 is 18.7 Å². The highest BCUT2D eigenvalue weighted by molar-refractivity contribution is 5.96. The van der Waals surface area contributed by atoms with E-state index in [1.165, 1.54) is 5.56 Å². The lowest BCUT2D eigenvalue weighted by atomic mass is 10.2. The van der Waals surface area contributed by atoms with E-state index in [2.05, 4.69) is 29.6 Å². The van der Waals surface area contributed by atoms with Gasteiger partial charge in [0.15, 0.2) is 17.3 Å². The van der Waals surface area contributed by atoms with Gasteiger partial charge in [0.05, 0.1) is 12.8 Å². The van der Waals surface area contributed by atoms with E-state index in [0.717, 1.165) is 16.5 Å². The molecule has 0 aliphatic heterocycles. The molecule has 4 aromatic rings. The molecule has 6 heteroatoms. The lowest BCUT2D eigenvalue weighted by Gasteiger charge is -2.12. The van der Waals surface area contributed by atoms with Crippen LogP contribution in [-0.4, -0.2) is 18.7 Å². The van der Waals surface area contributed by atoms with E-state index in [9.17, 15) is 4.79 Å². The number of para-hydroxylation sites is 1. The van der Waals surface area contributed by atoms with Gasteiger partial charge in [-0.25, -0.2) is 5.43 Å². The zero-order chi connectivity index (χ0) is 22.3. The first-order valence-corrected chi connectivity index (χ1v) is 10.4. The predicted octanol–water partition coefficient (Wildman–Crippen LogP) is 5.48. The van der Waals surface area contributed by atoms with Crippen molar-refractivity contribution >= 4 is 23.1 Å². The Labute approximate surface area is 186 Å². The Bertz CT molecular complexity index is 1210. The molecule has 4 rings (SSSR count). The van der Waals surface area contributed by atoms with E-state index in [4.69, 9.17) is 13.9 Å². The van der Waals surface area contributed by atoms with Crippen molar-refractivity contribution in [1.82, 2.24) is 5.43 Å². The summed E-state index contributed by atoms with van der Waals surface area (Å²) < 4.78 is 17.2. The highest BCUT2D eigenvalue weighted by atomic mass is 16.5. The van der Waals surface area contributed by atoms with E-state index in [1.807, 2.05) is 61.5 Å². The third-order valence-electron chi connectivity index (χ3n) is 4.81. The zero-order valence-electron chi connectivity index (χ0n) is 18.0. The van der Waals surface area contributed by atoms with Crippen LogP contribution in [0.25, 0.3) is 11.0 Å². The Balaban J connectivity index is 1.41. The minimum absolute atomic E-state index is 0.207. The maximum Gasteiger partial charge on any atom is 0.307 e. The van der Waals surface area contributed by atoms with E-state index in [-0.39, 0.29) is 5.76 Å². The van der Waals surface area contributed by atoms with Crippen LogP contribution in [0.2, 0.25) is 0 Å². The molecule has 0 saturated heterocycles. The molecule has 0 aliphatic carbocycles. The highest BCUT2D eigenvalue weighted by Crippen LogP contribution is 2.29. The molecule has 0 unspecified atom stereocenters. The van der Waals surface area contributed by atoms with Crippen LogP contribution >= 0.6 is 0 Å². The molecule has 0 saturated carbocycles. The molecule has 0 fully saturated rings. The third kappa shape index (κ3) is 5.16. The monoisotopic (exact) mass is 428 g/mol. The number of benzene rings is 3. The second-order valence-corrected chi connectivity index (χ2v) is 7.26. The van der Waals surface area contributed by atoms with E-state index < -0.39 is 5.91 Å². The largest absolute Gasteiger partial charge is 0.490 e. The van der Waals surface area contributed by atoms with Gasteiger partial charge in [-0.2, -0.15) is 5.10 Å². The lowest BCUT2D eigenvalue weighted by molar-refractivity contribution is 0.0929. The molecular formula is C26H24N2O4. The number of amides is 1. The third-order valence-corrected chi connectivity index (χ3v) is 4.81. The molecule has 162 valence electrons. The molecule has 3 aromatic carbocycles. The summed E-state index contributed by atoms with van der Waals surface area (Å²) in [6.07, 6.45) is 1.55. The Hall–Kier alpha value is -4.06.